The summed E-state index contributed by atoms with van der Waals surface area (Å²) < 4.78 is 13.9. The molecule has 1 aromatic carbocycles. The number of hydrogen-bond acceptors (Lipinski definition) is 2. The fraction of sp³-hybridized carbons (Fsp3) is 0.333. The van der Waals surface area contributed by atoms with E-state index in [1.165, 1.54) is 11.0 Å². The molecule has 1 aliphatic heterocycles. The Bertz CT molecular complexity index is 502. The van der Waals surface area contributed by atoms with E-state index in [9.17, 15) is 9.18 Å². The number of anilines is 1. The number of nitriles is 1. The first-order valence-electron chi connectivity index (χ1n) is 5.09. The number of fused-ring (bicyclic) bond motifs is 1. The normalized spacial score (nSPS) is 14.2. The van der Waals surface area contributed by atoms with Crippen LogP contribution in [0.15, 0.2) is 12.1 Å². The number of halogens is 1. The van der Waals surface area contributed by atoms with E-state index < -0.39 is 5.82 Å². The summed E-state index contributed by atoms with van der Waals surface area (Å²) in [5.41, 5.74) is 0.924. The Kier molecular flexibility index (Phi) is 2.39. The SMILES string of the molecule is CC(C)N1C(=O)Cc2ccc(C#N)c(F)c21. The second-order valence-electron chi connectivity index (χ2n) is 4.08. The minimum atomic E-state index is -0.584. The molecule has 16 heavy (non-hydrogen) atoms. The molecule has 4 heteroatoms. The zero-order valence-electron chi connectivity index (χ0n) is 9.12. The smallest absolute Gasteiger partial charge is 0.231 e. The molecule has 0 aromatic heterocycles. The minimum Gasteiger partial charge on any atom is -0.307 e. The molecule has 1 amide bonds. The van der Waals surface area contributed by atoms with Crippen LogP contribution < -0.4 is 4.90 Å². The Morgan fingerprint density at radius 2 is 2.19 bits per heavy atom. The Hall–Kier alpha value is -1.89. The van der Waals surface area contributed by atoms with Crippen LogP contribution in [0.5, 0.6) is 0 Å². The van der Waals surface area contributed by atoms with Gasteiger partial charge in [0.25, 0.3) is 0 Å². The Balaban J connectivity index is 2.64. The van der Waals surface area contributed by atoms with Gasteiger partial charge in [-0.05, 0) is 25.5 Å². The van der Waals surface area contributed by atoms with Crippen LogP contribution >= 0.6 is 0 Å². The van der Waals surface area contributed by atoms with Crippen LogP contribution in [0.25, 0.3) is 0 Å². The van der Waals surface area contributed by atoms with Crippen molar-refractivity contribution in [3.63, 3.8) is 0 Å². The van der Waals surface area contributed by atoms with Gasteiger partial charge in [0, 0.05) is 6.04 Å². The molecule has 0 N–H and O–H groups in total. The first kappa shape index (κ1) is 10.6. The maximum atomic E-state index is 13.9. The lowest BCUT2D eigenvalue weighted by Crippen LogP contribution is -2.34. The lowest BCUT2D eigenvalue weighted by Gasteiger charge is -2.22. The highest BCUT2D eigenvalue weighted by atomic mass is 19.1. The van der Waals surface area contributed by atoms with E-state index in [1.807, 2.05) is 13.8 Å². The van der Waals surface area contributed by atoms with Gasteiger partial charge in [-0.25, -0.2) is 4.39 Å². The lowest BCUT2D eigenvalue weighted by atomic mass is 10.1. The summed E-state index contributed by atoms with van der Waals surface area (Å²) in [6, 6.07) is 4.76. The molecule has 0 aliphatic carbocycles. The maximum absolute atomic E-state index is 13.9. The third kappa shape index (κ3) is 1.36. The summed E-state index contributed by atoms with van der Waals surface area (Å²) >= 11 is 0. The average Bonchev–Trinajstić information content (AvgIpc) is 2.56. The van der Waals surface area contributed by atoms with Gasteiger partial charge in [0.15, 0.2) is 5.82 Å². The van der Waals surface area contributed by atoms with Gasteiger partial charge >= 0.3 is 0 Å². The van der Waals surface area contributed by atoms with Gasteiger partial charge in [-0.2, -0.15) is 5.26 Å². The molecule has 0 radical (unpaired) electrons. The summed E-state index contributed by atoms with van der Waals surface area (Å²) in [5, 5.41) is 8.75. The highest BCUT2D eigenvalue weighted by Gasteiger charge is 2.32. The van der Waals surface area contributed by atoms with Crippen molar-refractivity contribution in [1.29, 1.82) is 5.26 Å². The van der Waals surface area contributed by atoms with Crippen molar-refractivity contribution in [3.05, 3.63) is 29.1 Å². The van der Waals surface area contributed by atoms with Crippen molar-refractivity contribution in [3.8, 4) is 6.07 Å². The molecule has 0 bridgehead atoms. The van der Waals surface area contributed by atoms with Crippen molar-refractivity contribution in [2.24, 2.45) is 0 Å². The molecular weight excluding hydrogens is 207 g/mol. The van der Waals surface area contributed by atoms with Crippen LogP contribution in [0.2, 0.25) is 0 Å². The lowest BCUT2D eigenvalue weighted by molar-refractivity contribution is -0.117. The van der Waals surface area contributed by atoms with Crippen molar-refractivity contribution in [1.82, 2.24) is 0 Å². The quantitative estimate of drug-likeness (QED) is 0.723. The largest absolute Gasteiger partial charge is 0.307 e. The molecule has 0 unspecified atom stereocenters. The van der Waals surface area contributed by atoms with Gasteiger partial charge in [0.05, 0.1) is 17.7 Å². The molecule has 1 heterocycles. The van der Waals surface area contributed by atoms with E-state index in [4.69, 9.17) is 5.26 Å². The topological polar surface area (TPSA) is 44.1 Å². The molecule has 0 saturated heterocycles. The number of carbonyl (C=O) groups excluding carboxylic acids is 1. The van der Waals surface area contributed by atoms with Gasteiger partial charge in [0.2, 0.25) is 5.91 Å². The van der Waals surface area contributed by atoms with Crippen molar-refractivity contribution in [2.75, 3.05) is 4.90 Å². The Morgan fingerprint density at radius 1 is 1.50 bits per heavy atom. The van der Waals surface area contributed by atoms with Gasteiger partial charge in [-0.3, -0.25) is 4.79 Å². The summed E-state index contributed by atoms with van der Waals surface area (Å²) in [6.07, 6.45) is 0.218. The first-order valence-corrected chi connectivity index (χ1v) is 5.09. The van der Waals surface area contributed by atoms with Crippen LogP contribution in [-0.2, 0) is 11.2 Å². The molecule has 2 rings (SSSR count). The summed E-state index contributed by atoms with van der Waals surface area (Å²) in [4.78, 5) is 13.1. The van der Waals surface area contributed by atoms with E-state index in [0.717, 1.165) is 0 Å². The zero-order chi connectivity index (χ0) is 11.9. The molecular formula is C12H11FN2O. The van der Waals surface area contributed by atoms with Crippen molar-refractivity contribution >= 4 is 11.6 Å². The number of nitrogens with zero attached hydrogens (tertiary/aromatic N) is 2. The number of hydrogen-bond donors (Lipinski definition) is 0. The van der Waals surface area contributed by atoms with E-state index in [1.54, 1.807) is 12.1 Å². The fourth-order valence-electron chi connectivity index (χ4n) is 2.01. The van der Waals surface area contributed by atoms with Crippen LogP contribution in [0.1, 0.15) is 25.0 Å². The monoisotopic (exact) mass is 218 g/mol. The highest BCUT2D eigenvalue weighted by Crippen LogP contribution is 2.34. The van der Waals surface area contributed by atoms with Gasteiger partial charge < -0.3 is 4.90 Å². The van der Waals surface area contributed by atoms with Crippen molar-refractivity contribution < 1.29 is 9.18 Å². The highest BCUT2D eigenvalue weighted by molar-refractivity contribution is 6.02. The standard InChI is InChI=1S/C12H11FN2O/c1-7(2)15-10(16)5-8-3-4-9(6-14)11(13)12(8)15/h3-4,7H,5H2,1-2H3. The van der Waals surface area contributed by atoms with Crippen LogP contribution in [0, 0.1) is 17.1 Å². The molecule has 0 atom stereocenters. The summed E-state index contributed by atoms with van der Waals surface area (Å²) in [5.74, 6) is -0.696. The Labute approximate surface area is 93.1 Å². The summed E-state index contributed by atoms with van der Waals surface area (Å²) in [6.45, 7) is 3.65. The van der Waals surface area contributed by atoms with Gasteiger partial charge in [-0.1, -0.05) is 6.07 Å². The number of rotatable bonds is 1. The molecule has 0 saturated carbocycles. The third-order valence-corrected chi connectivity index (χ3v) is 2.69. The number of amides is 1. The minimum absolute atomic E-state index is 0.0147. The second kappa shape index (κ2) is 3.60. The van der Waals surface area contributed by atoms with Gasteiger partial charge in [-0.15, -0.1) is 0 Å². The molecule has 0 fully saturated rings. The van der Waals surface area contributed by atoms with Crippen LogP contribution in [-0.4, -0.2) is 11.9 Å². The number of benzene rings is 1. The molecule has 82 valence electrons. The first-order chi connectivity index (χ1) is 7.56. The average molecular weight is 218 g/mol. The zero-order valence-corrected chi connectivity index (χ0v) is 9.12. The third-order valence-electron chi connectivity index (χ3n) is 2.69. The van der Waals surface area contributed by atoms with E-state index in [-0.39, 0.29) is 29.6 Å². The van der Waals surface area contributed by atoms with E-state index >= 15 is 0 Å². The summed E-state index contributed by atoms with van der Waals surface area (Å²) in [7, 11) is 0. The van der Waals surface area contributed by atoms with Crippen LogP contribution in [0.3, 0.4) is 0 Å². The predicted molar refractivity (Wildman–Crippen MR) is 57.4 cm³/mol. The van der Waals surface area contributed by atoms with Crippen molar-refractivity contribution in [2.45, 2.75) is 26.3 Å². The molecule has 3 nitrogen and oxygen atoms in total. The molecule has 0 spiro atoms. The predicted octanol–water partition coefficient (Wildman–Crippen LogP) is 1.99. The molecule has 1 aliphatic rings. The Morgan fingerprint density at radius 3 is 2.75 bits per heavy atom. The van der Waals surface area contributed by atoms with Crippen LogP contribution in [0.4, 0.5) is 10.1 Å². The molecule has 1 aromatic rings. The second-order valence-corrected chi connectivity index (χ2v) is 4.08. The number of carbonyl (C=O) groups is 1. The maximum Gasteiger partial charge on any atom is 0.231 e. The van der Waals surface area contributed by atoms with E-state index in [2.05, 4.69) is 0 Å². The van der Waals surface area contributed by atoms with E-state index in [0.29, 0.717) is 5.56 Å². The van der Waals surface area contributed by atoms with Gasteiger partial charge in [0.1, 0.15) is 6.07 Å². The fourth-order valence-corrected chi connectivity index (χ4v) is 2.01.